The summed E-state index contributed by atoms with van der Waals surface area (Å²) in [7, 11) is 0. The molecule has 0 saturated carbocycles. The van der Waals surface area contributed by atoms with Crippen LogP contribution in [0.5, 0.6) is 5.75 Å². The number of carbonyl (C=O) groups excluding carboxylic acids is 1. The Morgan fingerprint density at radius 1 is 1.50 bits per heavy atom. The third-order valence-corrected chi connectivity index (χ3v) is 3.78. The lowest BCUT2D eigenvalue weighted by molar-refractivity contribution is 0.0838. The highest BCUT2D eigenvalue weighted by molar-refractivity contribution is 6.31. The Morgan fingerprint density at radius 2 is 2.15 bits per heavy atom. The number of ketones is 1. The molecule has 0 aromatic heterocycles. The van der Waals surface area contributed by atoms with Crippen LogP contribution >= 0.6 is 11.6 Å². The van der Waals surface area contributed by atoms with E-state index in [0.29, 0.717) is 49.5 Å². The van der Waals surface area contributed by atoms with Gasteiger partial charge in [0.1, 0.15) is 11.6 Å². The van der Waals surface area contributed by atoms with Crippen LogP contribution in [0.2, 0.25) is 5.02 Å². The Hall–Kier alpha value is -1.13. The monoisotopic (exact) mass is 300 g/mol. The van der Waals surface area contributed by atoms with Gasteiger partial charge in [-0.1, -0.05) is 11.6 Å². The predicted molar refractivity (Wildman–Crippen MR) is 75.4 cm³/mol. The molecule has 0 amide bonds. The van der Waals surface area contributed by atoms with Gasteiger partial charge in [-0.05, 0) is 38.7 Å². The highest BCUT2D eigenvalue weighted by atomic mass is 35.5. The van der Waals surface area contributed by atoms with Gasteiger partial charge in [0.2, 0.25) is 0 Å². The van der Waals surface area contributed by atoms with E-state index in [4.69, 9.17) is 21.1 Å². The molecular weight excluding hydrogens is 283 g/mol. The zero-order valence-corrected chi connectivity index (χ0v) is 12.4. The average Bonchev–Trinajstić information content (AvgIpc) is 2.44. The van der Waals surface area contributed by atoms with Crippen LogP contribution in [-0.2, 0) is 4.74 Å². The second-order valence-electron chi connectivity index (χ2n) is 4.84. The largest absolute Gasteiger partial charge is 0.493 e. The minimum Gasteiger partial charge on any atom is -0.493 e. The molecule has 1 aromatic rings. The normalized spacial score (nSPS) is 16.2. The fraction of sp³-hybridized carbons (Fsp3) is 0.533. The molecule has 2 rings (SSSR count). The molecule has 1 aliphatic rings. The van der Waals surface area contributed by atoms with Crippen molar-refractivity contribution in [1.82, 2.24) is 0 Å². The van der Waals surface area contributed by atoms with Crippen LogP contribution < -0.4 is 4.74 Å². The van der Waals surface area contributed by atoms with Crippen LogP contribution in [0, 0.1) is 5.82 Å². The topological polar surface area (TPSA) is 35.5 Å². The molecule has 3 nitrogen and oxygen atoms in total. The van der Waals surface area contributed by atoms with Crippen molar-refractivity contribution in [3.05, 3.63) is 28.0 Å². The van der Waals surface area contributed by atoms with Crippen LogP contribution in [-0.4, -0.2) is 25.6 Å². The third kappa shape index (κ3) is 2.96. The van der Waals surface area contributed by atoms with E-state index in [1.165, 1.54) is 13.0 Å². The molecule has 20 heavy (non-hydrogen) atoms. The Bertz CT molecular complexity index is 510. The van der Waals surface area contributed by atoms with Crippen LogP contribution in [0.25, 0.3) is 0 Å². The Morgan fingerprint density at radius 3 is 2.70 bits per heavy atom. The summed E-state index contributed by atoms with van der Waals surface area (Å²) in [6, 6.07) is 1.35. The number of ether oxygens (including phenoxy) is 2. The minimum absolute atomic E-state index is 0.0258. The van der Waals surface area contributed by atoms with Crippen LogP contribution in [0.4, 0.5) is 4.39 Å². The van der Waals surface area contributed by atoms with Crippen molar-refractivity contribution in [2.24, 2.45) is 0 Å². The number of Topliss-reactive ketones (excluding diaryl/α,β-unsaturated/α-hetero) is 1. The SMILES string of the molecule is CCOc1c(C(C)=O)cc(Cl)c(F)c1C1CCOCC1. The molecular formula is C15H18ClFO3. The molecule has 0 spiro atoms. The molecule has 110 valence electrons. The van der Waals surface area contributed by atoms with Gasteiger partial charge in [-0.2, -0.15) is 0 Å². The summed E-state index contributed by atoms with van der Waals surface area (Å²) in [6.45, 7) is 4.77. The first-order valence-corrected chi connectivity index (χ1v) is 7.17. The van der Waals surface area contributed by atoms with Crippen molar-refractivity contribution >= 4 is 17.4 Å². The summed E-state index contributed by atoms with van der Waals surface area (Å²) in [5, 5.41) is -0.0276. The summed E-state index contributed by atoms with van der Waals surface area (Å²) >= 11 is 5.94. The second-order valence-corrected chi connectivity index (χ2v) is 5.25. The van der Waals surface area contributed by atoms with Crippen molar-refractivity contribution in [2.75, 3.05) is 19.8 Å². The Balaban J connectivity index is 2.58. The van der Waals surface area contributed by atoms with E-state index in [2.05, 4.69) is 0 Å². The number of benzene rings is 1. The maximum atomic E-state index is 14.4. The number of rotatable bonds is 4. The van der Waals surface area contributed by atoms with Gasteiger partial charge in [0, 0.05) is 18.8 Å². The first kappa shape index (κ1) is 15.3. The number of hydrogen-bond donors (Lipinski definition) is 0. The number of carbonyl (C=O) groups is 1. The molecule has 0 aliphatic carbocycles. The maximum Gasteiger partial charge on any atom is 0.163 e. The van der Waals surface area contributed by atoms with E-state index in [0.717, 1.165) is 0 Å². The summed E-state index contributed by atoms with van der Waals surface area (Å²) in [4.78, 5) is 11.8. The summed E-state index contributed by atoms with van der Waals surface area (Å²) < 4.78 is 25.3. The fourth-order valence-electron chi connectivity index (χ4n) is 2.54. The molecule has 1 aliphatic heterocycles. The van der Waals surface area contributed by atoms with E-state index in [-0.39, 0.29) is 16.7 Å². The summed E-state index contributed by atoms with van der Waals surface area (Å²) in [5.74, 6) is -0.341. The van der Waals surface area contributed by atoms with Crippen LogP contribution in [0.15, 0.2) is 6.07 Å². The third-order valence-electron chi connectivity index (χ3n) is 3.50. The van der Waals surface area contributed by atoms with Crippen molar-refractivity contribution < 1.29 is 18.7 Å². The fourth-order valence-corrected chi connectivity index (χ4v) is 2.75. The van der Waals surface area contributed by atoms with Crippen molar-refractivity contribution in [2.45, 2.75) is 32.6 Å². The maximum absolute atomic E-state index is 14.4. The highest BCUT2D eigenvalue weighted by Gasteiger charge is 2.28. The van der Waals surface area contributed by atoms with Gasteiger partial charge in [-0.3, -0.25) is 4.79 Å². The molecule has 1 heterocycles. The second kappa shape index (κ2) is 6.55. The molecule has 5 heteroatoms. The highest BCUT2D eigenvalue weighted by Crippen LogP contribution is 2.40. The van der Waals surface area contributed by atoms with Gasteiger partial charge < -0.3 is 9.47 Å². The van der Waals surface area contributed by atoms with Gasteiger partial charge in [-0.15, -0.1) is 0 Å². The molecule has 1 fully saturated rings. The Labute approximate surface area is 123 Å². The van der Waals surface area contributed by atoms with Crippen molar-refractivity contribution in [1.29, 1.82) is 0 Å². The van der Waals surface area contributed by atoms with Gasteiger partial charge >= 0.3 is 0 Å². The molecule has 1 saturated heterocycles. The lowest BCUT2D eigenvalue weighted by atomic mass is 9.88. The summed E-state index contributed by atoms with van der Waals surface area (Å²) in [6.07, 6.45) is 1.41. The molecule has 0 bridgehead atoms. The predicted octanol–water partition coefficient (Wildman–Crippen LogP) is 3.97. The molecule has 1 aromatic carbocycles. The van der Waals surface area contributed by atoms with E-state index < -0.39 is 5.82 Å². The van der Waals surface area contributed by atoms with E-state index in [1.807, 2.05) is 6.92 Å². The standard InChI is InChI=1S/C15H18ClFO3/c1-3-20-15-11(9(2)18)8-12(16)14(17)13(15)10-4-6-19-7-5-10/h8,10H,3-7H2,1-2H3. The first-order valence-electron chi connectivity index (χ1n) is 6.79. The zero-order chi connectivity index (χ0) is 14.7. The molecule has 0 N–H and O–H groups in total. The Kier molecular flexibility index (Phi) is 5.00. The van der Waals surface area contributed by atoms with Gasteiger partial charge in [-0.25, -0.2) is 4.39 Å². The molecule has 0 radical (unpaired) electrons. The number of hydrogen-bond acceptors (Lipinski definition) is 3. The number of halogens is 2. The quantitative estimate of drug-likeness (QED) is 0.789. The van der Waals surface area contributed by atoms with Crippen LogP contribution in [0.1, 0.15) is 48.5 Å². The average molecular weight is 301 g/mol. The van der Waals surface area contributed by atoms with Gasteiger partial charge in [0.15, 0.2) is 5.78 Å². The molecule has 0 unspecified atom stereocenters. The van der Waals surface area contributed by atoms with Crippen molar-refractivity contribution in [3.8, 4) is 5.75 Å². The summed E-state index contributed by atoms with van der Waals surface area (Å²) in [5.41, 5.74) is 0.771. The van der Waals surface area contributed by atoms with E-state index >= 15 is 0 Å². The first-order chi connectivity index (χ1) is 9.56. The van der Waals surface area contributed by atoms with Gasteiger partial charge in [0.05, 0.1) is 17.2 Å². The van der Waals surface area contributed by atoms with Crippen molar-refractivity contribution in [3.63, 3.8) is 0 Å². The van der Waals surface area contributed by atoms with Gasteiger partial charge in [0.25, 0.3) is 0 Å². The van der Waals surface area contributed by atoms with E-state index in [9.17, 15) is 9.18 Å². The lowest BCUT2D eigenvalue weighted by Crippen LogP contribution is -2.18. The smallest absolute Gasteiger partial charge is 0.163 e. The lowest BCUT2D eigenvalue weighted by Gasteiger charge is -2.26. The minimum atomic E-state index is -0.480. The van der Waals surface area contributed by atoms with E-state index in [1.54, 1.807) is 0 Å². The molecule has 0 atom stereocenters. The van der Waals surface area contributed by atoms with Crippen LogP contribution in [0.3, 0.4) is 0 Å². The zero-order valence-electron chi connectivity index (χ0n) is 11.7.